The van der Waals surface area contributed by atoms with Gasteiger partial charge in [0.2, 0.25) is 0 Å². The van der Waals surface area contributed by atoms with Crippen LogP contribution >= 0.6 is 0 Å². The van der Waals surface area contributed by atoms with E-state index in [0.29, 0.717) is 6.04 Å². The molecule has 0 spiro atoms. The Balaban J connectivity index is 1.87. The molecule has 0 aromatic carbocycles. The zero-order valence-corrected chi connectivity index (χ0v) is 8.68. The Hall–Kier alpha value is -0.960. The first-order valence-corrected chi connectivity index (χ1v) is 5.29. The minimum Gasteiger partial charge on any atom is -0.385 e. The molecular weight excluding hydrogens is 176 g/mol. The summed E-state index contributed by atoms with van der Waals surface area (Å²) in [6, 6.07) is 0.600. The molecule has 14 heavy (non-hydrogen) atoms. The molecule has 78 valence electrons. The predicted octanol–water partition coefficient (Wildman–Crippen LogP) is 1.15. The van der Waals surface area contributed by atoms with Gasteiger partial charge in [0.05, 0.1) is 6.54 Å². The summed E-state index contributed by atoms with van der Waals surface area (Å²) in [6.45, 7) is 4.83. The Morgan fingerprint density at radius 1 is 1.43 bits per heavy atom. The first-order valence-electron chi connectivity index (χ1n) is 5.29. The van der Waals surface area contributed by atoms with Crippen LogP contribution in [0.5, 0.6) is 0 Å². The minimum atomic E-state index is 0.600. The Bertz CT molecular complexity index is 252. The smallest absolute Gasteiger partial charge is 0.0542 e. The van der Waals surface area contributed by atoms with Gasteiger partial charge < -0.3 is 15.4 Å². The van der Waals surface area contributed by atoms with Gasteiger partial charge in [0.15, 0.2) is 0 Å². The van der Waals surface area contributed by atoms with E-state index in [0.717, 1.165) is 32.6 Å². The zero-order chi connectivity index (χ0) is 9.80. The molecule has 0 saturated carbocycles. The zero-order valence-electron chi connectivity index (χ0n) is 8.68. The number of nitrogens with one attached hydrogen (secondary N) is 2. The molecule has 0 unspecified atom stereocenters. The lowest BCUT2D eigenvalue weighted by atomic mass is 10.1. The monoisotopic (exact) mass is 194 g/mol. The molecule has 3 nitrogen and oxygen atoms in total. The molecule has 0 amide bonds. The van der Waals surface area contributed by atoms with Gasteiger partial charge in [-0.25, -0.2) is 0 Å². The summed E-state index contributed by atoms with van der Waals surface area (Å²) in [7, 11) is 0. The van der Waals surface area contributed by atoms with Gasteiger partial charge in [-0.05, 0) is 37.6 Å². The standard InChI is InChI=1S/C11H18N2O/c1-9-6-11(8-12-7-9)13-10-2-4-14-5-3-10/h6-7,10,12-13H,2-5,8H2,1H3. The number of ether oxygens (including phenoxy) is 1. The van der Waals surface area contributed by atoms with Crippen LogP contribution in [0.1, 0.15) is 19.8 Å². The van der Waals surface area contributed by atoms with Crippen LogP contribution in [-0.2, 0) is 4.74 Å². The summed E-state index contributed by atoms with van der Waals surface area (Å²) in [4.78, 5) is 0. The molecule has 0 aliphatic carbocycles. The number of hydrogen-bond donors (Lipinski definition) is 2. The average molecular weight is 194 g/mol. The molecule has 3 heteroatoms. The van der Waals surface area contributed by atoms with Crippen molar-refractivity contribution in [2.75, 3.05) is 19.8 Å². The van der Waals surface area contributed by atoms with Crippen LogP contribution in [-0.4, -0.2) is 25.8 Å². The third-order valence-corrected chi connectivity index (χ3v) is 2.63. The predicted molar refractivity (Wildman–Crippen MR) is 56.8 cm³/mol. The van der Waals surface area contributed by atoms with Crippen molar-refractivity contribution in [1.82, 2.24) is 10.6 Å². The summed E-state index contributed by atoms with van der Waals surface area (Å²) in [5.74, 6) is 0. The molecule has 2 N–H and O–H groups in total. The van der Waals surface area contributed by atoms with Crippen molar-refractivity contribution < 1.29 is 4.74 Å². The van der Waals surface area contributed by atoms with E-state index >= 15 is 0 Å². The third-order valence-electron chi connectivity index (χ3n) is 2.63. The molecule has 0 aromatic rings. The highest BCUT2D eigenvalue weighted by Crippen LogP contribution is 2.10. The van der Waals surface area contributed by atoms with Gasteiger partial charge in [-0.3, -0.25) is 0 Å². The third kappa shape index (κ3) is 2.51. The second kappa shape index (κ2) is 4.51. The molecule has 0 bridgehead atoms. The maximum atomic E-state index is 5.32. The van der Waals surface area contributed by atoms with Crippen LogP contribution in [0.25, 0.3) is 0 Å². The van der Waals surface area contributed by atoms with E-state index in [9.17, 15) is 0 Å². The maximum Gasteiger partial charge on any atom is 0.0542 e. The van der Waals surface area contributed by atoms with E-state index in [-0.39, 0.29) is 0 Å². The highest BCUT2D eigenvalue weighted by atomic mass is 16.5. The molecule has 0 aromatic heterocycles. The largest absolute Gasteiger partial charge is 0.385 e. The van der Waals surface area contributed by atoms with Crippen molar-refractivity contribution in [3.8, 4) is 0 Å². The number of hydrogen-bond acceptors (Lipinski definition) is 3. The Morgan fingerprint density at radius 2 is 2.21 bits per heavy atom. The van der Waals surface area contributed by atoms with Crippen molar-refractivity contribution in [2.24, 2.45) is 0 Å². The van der Waals surface area contributed by atoms with E-state index in [1.54, 1.807) is 0 Å². The van der Waals surface area contributed by atoms with Crippen molar-refractivity contribution in [1.29, 1.82) is 0 Å². The fourth-order valence-corrected chi connectivity index (χ4v) is 1.89. The van der Waals surface area contributed by atoms with Gasteiger partial charge in [-0.1, -0.05) is 0 Å². The Morgan fingerprint density at radius 3 is 2.93 bits per heavy atom. The molecule has 2 aliphatic rings. The van der Waals surface area contributed by atoms with Crippen LogP contribution in [0, 0.1) is 0 Å². The van der Waals surface area contributed by atoms with Crippen LogP contribution in [0.15, 0.2) is 23.5 Å². The van der Waals surface area contributed by atoms with Crippen molar-refractivity contribution in [3.05, 3.63) is 23.5 Å². The van der Waals surface area contributed by atoms with Gasteiger partial charge in [0.1, 0.15) is 0 Å². The van der Waals surface area contributed by atoms with Gasteiger partial charge in [0, 0.05) is 25.0 Å². The molecule has 2 heterocycles. The Kier molecular flexibility index (Phi) is 3.09. The second-order valence-corrected chi connectivity index (χ2v) is 3.97. The summed E-state index contributed by atoms with van der Waals surface area (Å²) < 4.78 is 5.32. The highest BCUT2D eigenvalue weighted by Gasteiger charge is 2.14. The topological polar surface area (TPSA) is 33.3 Å². The van der Waals surface area contributed by atoms with Crippen LogP contribution in [0.2, 0.25) is 0 Å². The lowest BCUT2D eigenvalue weighted by Crippen LogP contribution is -2.37. The number of rotatable bonds is 2. The minimum absolute atomic E-state index is 0.600. The van der Waals surface area contributed by atoms with Crippen LogP contribution < -0.4 is 10.6 Å². The SMILES string of the molecule is CC1=CNCC(NC2CCOCC2)=C1. The molecule has 0 atom stereocenters. The number of allylic oxidation sites excluding steroid dienone is 2. The summed E-state index contributed by atoms with van der Waals surface area (Å²) in [6.07, 6.45) is 6.52. The molecule has 1 fully saturated rings. The van der Waals surface area contributed by atoms with E-state index in [1.807, 2.05) is 0 Å². The highest BCUT2D eigenvalue weighted by molar-refractivity contribution is 5.25. The van der Waals surface area contributed by atoms with E-state index < -0.39 is 0 Å². The second-order valence-electron chi connectivity index (χ2n) is 3.97. The quantitative estimate of drug-likeness (QED) is 0.691. The molecule has 2 rings (SSSR count). The average Bonchev–Trinajstić information content (AvgIpc) is 2.19. The van der Waals surface area contributed by atoms with Gasteiger partial charge in [-0.2, -0.15) is 0 Å². The fraction of sp³-hybridized carbons (Fsp3) is 0.636. The molecule has 0 radical (unpaired) electrons. The summed E-state index contributed by atoms with van der Waals surface area (Å²) in [5, 5.41) is 6.82. The first-order chi connectivity index (χ1) is 6.84. The van der Waals surface area contributed by atoms with Crippen molar-refractivity contribution in [3.63, 3.8) is 0 Å². The lowest BCUT2D eigenvalue weighted by molar-refractivity contribution is 0.0802. The van der Waals surface area contributed by atoms with Crippen LogP contribution in [0.3, 0.4) is 0 Å². The van der Waals surface area contributed by atoms with E-state index in [1.165, 1.54) is 11.3 Å². The van der Waals surface area contributed by atoms with Crippen molar-refractivity contribution >= 4 is 0 Å². The van der Waals surface area contributed by atoms with Gasteiger partial charge in [0.25, 0.3) is 0 Å². The number of dihydropyridines is 1. The summed E-state index contributed by atoms with van der Waals surface area (Å²) >= 11 is 0. The summed E-state index contributed by atoms with van der Waals surface area (Å²) in [5.41, 5.74) is 2.59. The lowest BCUT2D eigenvalue weighted by Gasteiger charge is -2.26. The van der Waals surface area contributed by atoms with Gasteiger partial charge >= 0.3 is 0 Å². The normalized spacial score (nSPS) is 23.5. The van der Waals surface area contributed by atoms with Gasteiger partial charge in [-0.15, -0.1) is 0 Å². The first kappa shape index (κ1) is 9.59. The fourth-order valence-electron chi connectivity index (χ4n) is 1.89. The molecular formula is C11H18N2O. The maximum absolute atomic E-state index is 5.32. The van der Waals surface area contributed by atoms with E-state index in [2.05, 4.69) is 29.8 Å². The van der Waals surface area contributed by atoms with Crippen LogP contribution in [0.4, 0.5) is 0 Å². The molecule has 1 saturated heterocycles. The van der Waals surface area contributed by atoms with Crippen molar-refractivity contribution in [2.45, 2.75) is 25.8 Å². The van der Waals surface area contributed by atoms with E-state index in [4.69, 9.17) is 4.74 Å². The Labute approximate surface area is 85.2 Å². The molecule has 2 aliphatic heterocycles.